The van der Waals surface area contributed by atoms with Crippen molar-refractivity contribution >= 4 is 22.7 Å². The lowest BCUT2D eigenvalue weighted by Gasteiger charge is -2.23. The summed E-state index contributed by atoms with van der Waals surface area (Å²) in [5.41, 5.74) is 12.7. The van der Waals surface area contributed by atoms with Crippen LogP contribution in [0.4, 0.5) is 11.8 Å². The molecule has 0 atom stereocenters. The van der Waals surface area contributed by atoms with Gasteiger partial charge in [-0.2, -0.15) is 4.98 Å². The van der Waals surface area contributed by atoms with Crippen LogP contribution in [0.2, 0.25) is 0 Å². The second-order valence-electron chi connectivity index (χ2n) is 5.83. The standard InChI is InChI=1S/C15H23N5/c1-15(2,7-9-16)8-10-18-14-19-12-6-4-3-5-11(12)13(17)20-14/h3-6H,7-10,16H2,1-2H3,(H3,17,18,19,20). The maximum atomic E-state index is 5.95. The molecule has 0 amide bonds. The maximum absolute atomic E-state index is 5.95. The van der Waals surface area contributed by atoms with E-state index < -0.39 is 0 Å². The van der Waals surface area contributed by atoms with Crippen molar-refractivity contribution in [3.8, 4) is 0 Å². The van der Waals surface area contributed by atoms with E-state index >= 15 is 0 Å². The average molecular weight is 273 g/mol. The van der Waals surface area contributed by atoms with Gasteiger partial charge in [0.05, 0.1) is 5.52 Å². The summed E-state index contributed by atoms with van der Waals surface area (Å²) < 4.78 is 0. The van der Waals surface area contributed by atoms with Crippen LogP contribution in [0, 0.1) is 5.41 Å². The van der Waals surface area contributed by atoms with E-state index in [9.17, 15) is 0 Å². The number of para-hydroxylation sites is 1. The zero-order valence-electron chi connectivity index (χ0n) is 12.2. The number of fused-ring (bicyclic) bond motifs is 1. The Bertz CT molecular complexity index is 579. The van der Waals surface area contributed by atoms with Crippen LogP contribution in [0.25, 0.3) is 10.9 Å². The number of nitrogen functional groups attached to an aromatic ring is 1. The minimum Gasteiger partial charge on any atom is -0.383 e. The maximum Gasteiger partial charge on any atom is 0.225 e. The molecule has 0 saturated carbocycles. The Morgan fingerprint density at radius 1 is 1.15 bits per heavy atom. The van der Waals surface area contributed by atoms with E-state index in [0.29, 0.717) is 18.3 Å². The van der Waals surface area contributed by atoms with Crippen molar-refractivity contribution in [1.29, 1.82) is 0 Å². The Morgan fingerprint density at radius 3 is 2.65 bits per heavy atom. The van der Waals surface area contributed by atoms with Crippen molar-refractivity contribution in [2.75, 3.05) is 24.1 Å². The minimum atomic E-state index is 0.226. The van der Waals surface area contributed by atoms with Crippen molar-refractivity contribution in [3.63, 3.8) is 0 Å². The lowest BCUT2D eigenvalue weighted by molar-refractivity contribution is 0.322. The normalized spacial score (nSPS) is 11.8. The predicted molar refractivity (Wildman–Crippen MR) is 84.5 cm³/mol. The lowest BCUT2D eigenvalue weighted by Crippen LogP contribution is -2.21. The van der Waals surface area contributed by atoms with Crippen LogP contribution in [0.1, 0.15) is 26.7 Å². The molecule has 0 aliphatic heterocycles. The highest BCUT2D eigenvalue weighted by atomic mass is 15.1. The summed E-state index contributed by atoms with van der Waals surface area (Å²) in [5.74, 6) is 1.10. The smallest absolute Gasteiger partial charge is 0.225 e. The molecule has 0 radical (unpaired) electrons. The molecule has 2 aromatic rings. The van der Waals surface area contributed by atoms with E-state index in [1.165, 1.54) is 0 Å². The molecule has 2 rings (SSSR count). The molecule has 0 aliphatic rings. The number of rotatable bonds is 6. The first-order chi connectivity index (χ1) is 9.52. The van der Waals surface area contributed by atoms with Crippen LogP contribution in [0.15, 0.2) is 24.3 Å². The van der Waals surface area contributed by atoms with Crippen molar-refractivity contribution in [1.82, 2.24) is 9.97 Å². The molecule has 1 heterocycles. The molecule has 0 saturated heterocycles. The first kappa shape index (κ1) is 14.5. The third kappa shape index (κ3) is 3.57. The van der Waals surface area contributed by atoms with Gasteiger partial charge in [-0.05, 0) is 36.9 Å². The summed E-state index contributed by atoms with van der Waals surface area (Å²) in [5, 5.41) is 4.14. The SMILES string of the molecule is CC(C)(CCN)CCNc1nc(N)c2ccccc2n1. The van der Waals surface area contributed by atoms with Crippen molar-refractivity contribution in [3.05, 3.63) is 24.3 Å². The van der Waals surface area contributed by atoms with E-state index in [1.54, 1.807) is 0 Å². The topological polar surface area (TPSA) is 89.8 Å². The fourth-order valence-corrected chi connectivity index (χ4v) is 2.21. The fourth-order valence-electron chi connectivity index (χ4n) is 2.21. The number of anilines is 2. The Hall–Kier alpha value is -1.88. The second-order valence-corrected chi connectivity index (χ2v) is 5.83. The second kappa shape index (κ2) is 6.05. The van der Waals surface area contributed by atoms with Gasteiger partial charge in [0.1, 0.15) is 5.82 Å². The van der Waals surface area contributed by atoms with Crippen LogP contribution in [0.3, 0.4) is 0 Å². The van der Waals surface area contributed by atoms with Gasteiger partial charge in [0.25, 0.3) is 0 Å². The highest BCUT2D eigenvalue weighted by Crippen LogP contribution is 2.24. The van der Waals surface area contributed by atoms with Crippen molar-refractivity contribution in [2.45, 2.75) is 26.7 Å². The Balaban J connectivity index is 2.04. The van der Waals surface area contributed by atoms with Gasteiger partial charge in [-0.1, -0.05) is 26.0 Å². The van der Waals surface area contributed by atoms with E-state index in [-0.39, 0.29) is 5.41 Å². The van der Waals surface area contributed by atoms with Crippen molar-refractivity contribution in [2.24, 2.45) is 11.1 Å². The van der Waals surface area contributed by atoms with Crippen LogP contribution in [0.5, 0.6) is 0 Å². The largest absolute Gasteiger partial charge is 0.383 e. The number of nitrogens with zero attached hydrogens (tertiary/aromatic N) is 2. The van der Waals surface area contributed by atoms with Gasteiger partial charge in [-0.25, -0.2) is 4.98 Å². The number of hydrogen-bond acceptors (Lipinski definition) is 5. The molecule has 5 nitrogen and oxygen atoms in total. The Kier molecular flexibility index (Phi) is 4.39. The van der Waals surface area contributed by atoms with Gasteiger partial charge in [-0.15, -0.1) is 0 Å². The highest BCUT2D eigenvalue weighted by molar-refractivity contribution is 5.88. The van der Waals surface area contributed by atoms with Crippen LogP contribution in [-0.2, 0) is 0 Å². The van der Waals surface area contributed by atoms with Gasteiger partial charge in [0.15, 0.2) is 0 Å². The molecule has 0 bridgehead atoms. The summed E-state index contributed by atoms with van der Waals surface area (Å²) in [6, 6.07) is 7.75. The summed E-state index contributed by atoms with van der Waals surface area (Å²) in [4.78, 5) is 8.77. The number of benzene rings is 1. The first-order valence-electron chi connectivity index (χ1n) is 6.98. The highest BCUT2D eigenvalue weighted by Gasteiger charge is 2.16. The number of aromatic nitrogens is 2. The molecular weight excluding hydrogens is 250 g/mol. The van der Waals surface area contributed by atoms with Crippen LogP contribution >= 0.6 is 0 Å². The zero-order chi connectivity index (χ0) is 14.6. The van der Waals surface area contributed by atoms with Crippen LogP contribution in [-0.4, -0.2) is 23.1 Å². The molecule has 5 N–H and O–H groups in total. The molecule has 20 heavy (non-hydrogen) atoms. The Morgan fingerprint density at radius 2 is 1.90 bits per heavy atom. The molecular formula is C15H23N5. The van der Waals surface area contributed by atoms with Gasteiger partial charge in [-0.3, -0.25) is 0 Å². The molecule has 0 spiro atoms. The average Bonchev–Trinajstić information content (AvgIpc) is 2.38. The number of hydrogen-bond donors (Lipinski definition) is 3. The van der Waals surface area contributed by atoms with E-state index in [4.69, 9.17) is 11.5 Å². The van der Waals surface area contributed by atoms with Gasteiger partial charge in [0, 0.05) is 11.9 Å². The number of nitrogens with two attached hydrogens (primary N) is 2. The van der Waals surface area contributed by atoms with Gasteiger partial charge >= 0.3 is 0 Å². The first-order valence-corrected chi connectivity index (χ1v) is 6.98. The van der Waals surface area contributed by atoms with Crippen LogP contribution < -0.4 is 16.8 Å². The monoisotopic (exact) mass is 273 g/mol. The summed E-state index contributed by atoms with van der Waals surface area (Å²) >= 11 is 0. The third-order valence-electron chi connectivity index (χ3n) is 3.54. The van der Waals surface area contributed by atoms with E-state index in [0.717, 1.165) is 30.3 Å². The minimum absolute atomic E-state index is 0.226. The van der Waals surface area contributed by atoms with Gasteiger partial charge in [0.2, 0.25) is 5.95 Å². The molecule has 5 heteroatoms. The quantitative estimate of drug-likeness (QED) is 0.752. The molecule has 1 aromatic carbocycles. The predicted octanol–water partition coefficient (Wildman–Crippen LogP) is 2.39. The molecule has 0 unspecified atom stereocenters. The van der Waals surface area contributed by atoms with E-state index in [2.05, 4.69) is 29.1 Å². The Labute approximate surface area is 119 Å². The van der Waals surface area contributed by atoms with Crippen molar-refractivity contribution < 1.29 is 0 Å². The molecule has 1 aromatic heterocycles. The molecule has 0 fully saturated rings. The zero-order valence-corrected chi connectivity index (χ0v) is 12.2. The number of nitrogens with one attached hydrogen (secondary N) is 1. The summed E-state index contributed by atoms with van der Waals surface area (Å²) in [6.07, 6.45) is 2.02. The summed E-state index contributed by atoms with van der Waals surface area (Å²) in [7, 11) is 0. The molecule has 0 aliphatic carbocycles. The fraction of sp³-hybridized carbons (Fsp3) is 0.467. The third-order valence-corrected chi connectivity index (χ3v) is 3.54. The molecule has 108 valence electrons. The summed E-state index contributed by atoms with van der Waals surface area (Å²) in [6.45, 7) is 5.96. The van der Waals surface area contributed by atoms with Gasteiger partial charge < -0.3 is 16.8 Å². The van der Waals surface area contributed by atoms with E-state index in [1.807, 2.05) is 24.3 Å². The lowest BCUT2D eigenvalue weighted by atomic mass is 9.86.